The molecule has 0 amide bonds. The molecule has 1 atom stereocenters. The molecular weight excluding hydrogens is 222 g/mol. The monoisotopic (exact) mass is 243 g/mol. The highest BCUT2D eigenvalue weighted by atomic mass is 16.3. The van der Waals surface area contributed by atoms with Crippen molar-refractivity contribution in [3.05, 3.63) is 59.0 Å². The van der Waals surface area contributed by atoms with Crippen molar-refractivity contribution < 1.29 is 4.42 Å². The Hall–Kier alpha value is -1.54. The average molecular weight is 243 g/mol. The zero-order chi connectivity index (χ0) is 13.0. The first-order chi connectivity index (χ1) is 8.66. The average Bonchev–Trinajstić information content (AvgIpc) is 2.85. The Bertz CT molecular complexity index is 488. The summed E-state index contributed by atoms with van der Waals surface area (Å²) in [6.45, 7) is 7.45. The fourth-order valence-electron chi connectivity index (χ4n) is 2.20. The van der Waals surface area contributed by atoms with Crippen LogP contribution in [0.2, 0.25) is 0 Å². The van der Waals surface area contributed by atoms with Crippen LogP contribution >= 0.6 is 0 Å². The van der Waals surface area contributed by atoms with E-state index in [4.69, 9.17) is 4.42 Å². The molecule has 18 heavy (non-hydrogen) atoms. The number of nitrogens with one attached hydrogen (secondary N) is 1. The summed E-state index contributed by atoms with van der Waals surface area (Å²) >= 11 is 0. The molecule has 1 aromatic heterocycles. The van der Waals surface area contributed by atoms with E-state index in [1.54, 1.807) is 6.26 Å². The molecule has 0 spiro atoms. The lowest BCUT2D eigenvalue weighted by atomic mass is 10.00. The number of benzene rings is 1. The van der Waals surface area contributed by atoms with Crippen LogP contribution in [0.4, 0.5) is 0 Å². The van der Waals surface area contributed by atoms with Crippen molar-refractivity contribution >= 4 is 0 Å². The van der Waals surface area contributed by atoms with Crippen LogP contribution in [-0.2, 0) is 6.42 Å². The summed E-state index contributed by atoms with van der Waals surface area (Å²) in [5.41, 5.74) is 4.04. The summed E-state index contributed by atoms with van der Waals surface area (Å²) < 4.78 is 5.32. The zero-order valence-corrected chi connectivity index (χ0v) is 11.4. The zero-order valence-electron chi connectivity index (χ0n) is 11.4. The highest BCUT2D eigenvalue weighted by molar-refractivity contribution is 5.32. The van der Waals surface area contributed by atoms with Crippen LogP contribution in [-0.4, -0.2) is 6.54 Å². The third-order valence-corrected chi connectivity index (χ3v) is 3.30. The summed E-state index contributed by atoms with van der Waals surface area (Å²) in [5, 5.41) is 3.55. The molecule has 2 aromatic rings. The molecule has 0 radical (unpaired) electrons. The van der Waals surface area contributed by atoms with Gasteiger partial charge >= 0.3 is 0 Å². The molecule has 96 valence electrons. The Morgan fingerprint density at radius 1 is 1.22 bits per heavy atom. The molecular formula is C16H21NO. The second-order valence-electron chi connectivity index (χ2n) is 4.87. The summed E-state index contributed by atoms with van der Waals surface area (Å²) in [5.74, 6) is 1.04. The van der Waals surface area contributed by atoms with Crippen molar-refractivity contribution in [2.24, 2.45) is 0 Å². The van der Waals surface area contributed by atoms with Gasteiger partial charge in [-0.15, -0.1) is 0 Å². The third kappa shape index (κ3) is 3.23. The first kappa shape index (κ1) is 12.9. The van der Waals surface area contributed by atoms with Crippen molar-refractivity contribution in [1.29, 1.82) is 0 Å². The van der Waals surface area contributed by atoms with Crippen molar-refractivity contribution in [3.63, 3.8) is 0 Å². The Kier molecular flexibility index (Phi) is 4.21. The molecule has 0 aliphatic carbocycles. The van der Waals surface area contributed by atoms with Gasteiger partial charge in [-0.2, -0.15) is 0 Å². The van der Waals surface area contributed by atoms with Gasteiger partial charge in [0, 0.05) is 19.0 Å². The van der Waals surface area contributed by atoms with Gasteiger partial charge in [-0.3, -0.25) is 0 Å². The second kappa shape index (κ2) is 5.87. The van der Waals surface area contributed by atoms with E-state index in [1.807, 2.05) is 12.1 Å². The second-order valence-corrected chi connectivity index (χ2v) is 4.87. The molecule has 0 saturated heterocycles. The predicted octanol–water partition coefficient (Wildman–Crippen LogP) is 3.79. The minimum atomic E-state index is 0.375. The van der Waals surface area contributed by atoms with E-state index in [0.717, 1.165) is 18.7 Å². The van der Waals surface area contributed by atoms with Crippen LogP contribution in [0.3, 0.4) is 0 Å². The van der Waals surface area contributed by atoms with Crippen LogP contribution < -0.4 is 5.32 Å². The lowest BCUT2D eigenvalue weighted by Gasteiger charge is -2.17. The molecule has 1 aromatic carbocycles. The van der Waals surface area contributed by atoms with E-state index >= 15 is 0 Å². The molecule has 2 rings (SSSR count). The van der Waals surface area contributed by atoms with Gasteiger partial charge in [0.25, 0.3) is 0 Å². The smallest absolute Gasteiger partial charge is 0.105 e. The van der Waals surface area contributed by atoms with Crippen LogP contribution in [0.1, 0.15) is 35.4 Å². The first-order valence-electron chi connectivity index (χ1n) is 6.50. The Morgan fingerprint density at radius 2 is 2.06 bits per heavy atom. The van der Waals surface area contributed by atoms with Gasteiger partial charge < -0.3 is 9.73 Å². The fraction of sp³-hybridized carbons (Fsp3) is 0.375. The summed E-state index contributed by atoms with van der Waals surface area (Å²) in [6.07, 6.45) is 2.66. The summed E-state index contributed by atoms with van der Waals surface area (Å²) in [6, 6.07) is 10.9. The standard InChI is InChI=1S/C16H21NO/c1-12-6-7-13(2)16(11-12)14(3)17-9-8-15-5-4-10-18-15/h4-7,10-11,14,17H,8-9H2,1-3H3. The van der Waals surface area contributed by atoms with Gasteiger partial charge in [0.15, 0.2) is 0 Å². The third-order valence-electron chi connectivity index (χ3n) is 3.30. The van der Waals surface area contributed by atoms with Crippen molar-refractivity contribution in [1.82, 2.24) is 5.32 Å². The molecule has 0 aliphatic rings. The molecule has 2 nitrogen and oxygen atoms in total. The summed E-state index contributed by atoms with van der Waals surface area (Å²) in [4.78, 5) is 0. The van der Waals surface area contributed by atoms with E-state index in [0.29, 0.717) is 6.04 Å². The van der Waals surface area contributed by atoms with Crippen molar-refractivity contribution in [2.75, 3.05) is 6.54 Å². The van der Waals surface area contributed by atoms with Gasteiger partial charge in [0.1, 0.15) is 5.76 Å². The van der Waals surface area contributed by atoms with Gasteiger partial charge in [-0.1, -0.05) is 23.8 Å². The summed E-state index contributed by atoms with van der Waals surface area (Å²) in [7, 11) is 0. The molecule has 0 saturated carbocycles. The molecule has 0 aliphatic heterocycles. The topological polar surface area (TPSA) is 25.2 Å². The van der Waals surface area contributed by atoms with Crippen molar-refractivity contribution in [3.8, 4) is 0 Å². The number of aryl methyl sites for hydroxylation is 2. The highest BCUT2D eigenvalue weighted by Gasteiger charge is 2.08. The van der Waals surface area contributed by atoms with Gasteiger partial charge in [0.2, 0.25) is 0 Å². The van der Waals surface area contributed by atoms with E-state index in [-0.39, 0.29) is 0 Å². The Labute approximate surface area is 109 Å². The lowest BCUT2D eigenvalue weighted by molar-refractivity contribution is 0.485. The first-order valence-corrected chi connectivity index (χ1v) is 6.50. The van der Waals surface area contributed by atoms with E-state index in [2.05, 4.69) is 44.3 Å². The minimum Gasteiger partial charge on any atom is -0.469 e. The number of hydrogen-bond acceptors (Lipinski definition) is 2. The predicted molar refractivity (Wildman–Crippen MR) is 74.7 cm³/mol. The quantitative estimate of drug-likeness (QED) is 0.864. The largest absolute Gasteiger partial charge is 0.469 e. The Balaban J connectivity index is 1.91. The maximum Gasteiger partial charge on any atom is 0.105 e. The van der Waals surface area contributed by atoms with E-state index in [1.165, 1.54) is 16.7 Å². The molecule has 1 unspecified atom stereocenters. The van der Waals surface area contributed by atoms with Gasteiger partial charge in [-0.25, -0.2) is 0 Å². The molecule has 0 fully saturated rings. The number of furan rings is 1. The molecule has 1 heterocycles. The Morgan fingerprint density at radius 3 is 2.78 bits per heavy atom. The minimum absolute atomic E-state index is 0.375. The molecule has 0 bridgehead atoms. The lowest BCUT2D eigenvalue weighted by Crippen LogP contribution is -2.22. The van der Waals surface area contributed by atoms with Crippen LogP contribution in [0.15, 0.2) is 41.0 Å². The van der Waals surface area contributed by atoms with Gasteiger partial charge in [-0.05, 0) is 44.0 Å². The highest BCUT2D eigenvalue weighted by Crippen LogP contribution is 2.18. The van der Waals surface area contributed by atoms with Crippen LogP contribution in [0.5, 0.6) is 0 Å². The normalized spacial score (nSPS) is 12.6. The maximum atomic E-state index is 5.32. The van der Waals surface area contributed by atoms with Crippen LogP contribution in [0, 0.1) is 13.8 Å². The van der Waals surface area contributed by atoms with Crippen LogP contribution in [0.25, 0.3) is 0 Å². The van der Waals surface area contributed by atoms with Gasteiger partial charge in [0.05, 0.1) is 6.26 Å². The molecule has 1 N–H and O–H groups in total. The van der Waals surface area contributed by atoms with E-state index < -0.39 is 0 Å². The maximum absolute atomic E-state index is 5.32. The number of rotatable bonds is 5. The number of hydrogen-bond donors (Lipinski definition) is 1. The van der Waals surface area contributed by atoms with Crippen molar-refractivity contribution in [2.45, 2.75) is 33.2 Å². The van der Waals surface area contributed by atoms with E-state index in [9.17, 15) is 0 Å². The SMILES string of the molecule is Cc1ccc(C)c(C(C)NCCc2ccco2)c1. The fourth-order valence-corrected chi connectivity index (χ4v) is 2.20. The molecule has 2 heteroatoms.